The van der Waals surface area contributed by atoms with E-state index in [1.54, 1.807) is 0 Å². The van der Waals surface area contributed by atoms with Gasteiger partial charge in [-0.15, -0.1) is 0 Å². The Morgan fingerprint density at radius 3 is 2.85 bits per heavy atom. The largest absolute Gasteiger partial charge is 0.378 e. The Labute approximate surface area is 120 Å². The number of piperidine rings is 1. The highest BCUT2D eigenvalue weighted by Gasteiger charge is 2.33. The number of carbonyl (C=O) groups excluding carboxylic acids is 1. The van der Waals surface area contributed by atoms with Gasteiger partial charge >= 0.3 is 0 Å². The molecule has 1 aliphatic heterocycles. The number of likely N-dealkylation sites (tertiary alicyclic amines) is 1. The number of carbonyl (C=O) groups is 1. The summed E-state index contributed by atoms with van der Waals surface area (Å²) in [6, 6.07) is 9.97. The van der Waals surface area contributed by atoms with Crippen molar-refractivity contribution in [1.29, 1.82) is 5.26 Å². The molecule has 0 spiro atoms. The van der Waals surface area contributed by atoms with Crippen molar-refractivity contribution >= 4 is 11.6 Å². The van der Waals surface area contributed by atoms with Crippen LogP contribution in [0.25, 0.3) is 0 Å². The van der Waals surface area contributed by atoms with Crippen LogP contribution in [0.1, 0.15) is 30.1 Å². The average Bonchev–Trinajstić information content (AvgIpc) is 2.46. The minimum atomic E-state index is -0.410. The lowest BCUT2D eigenvalue weighted by molar-refractivity contribution is 0.0630. The molecule has 1 aliphatic rings. The first-order chi connectivity index (χ1) is 9.45. The van der Waals surface area contributed by atoms with Gasteiger partial charge in [0.05, 0.1) is 11.5 Å². The molecule has 0 N–H and O–H groups in total. The predicted molar refractivity (Wildman–Crippen MR) is 79.6 cm³/mol. The van der Waals surface area contributed by atoms with Gasteiger partial charge in [-0.25, -0.2) is 0 Å². The number of amides is 1. The second kappa shape index (κ2) is 5.54. The van der Waals surface area contributed by atoms with Gasteiger partial charge in [-0.2, -0.15) is 5.26 Å². The predicted octanol–water partition coefficient (Wildman–Crippen LogP) is 2.52. The lowest BCUT2D eigenvalue weighted by Gasteiger charge is -2.36. The summed E-state index contributed by atoms with van der Waals surface area (Å²) in [5.41, 5.74) is 1.29. The average molecular weight is 271 g/mol. The van der Waals surface area contributed by atoms with E-state index in [9.17, 15) is 10.1 Å². The van der Waals surface area contributed by atoms with E-state index >= 15 is 0 Å². The van der Waals surface area contributed by atoms with E-state index in [0.717, 1.165) is 25.1 Å². The van der Waals surface area contributed by atoms with Crippen LogP contribution in [0.2, 0.25) is 0 Å². The molecule has 0 aliphatic carbocycles. The summed E-state index contributed by atoms with van der Waals surface area (Å²) in [6.45, 7) is 3.19. The van der Waals surface area contributed by atoms with E-state index < -0.39 is 5.41 Å². The number of hydrogen-bond donors (Lipinski definition) is 0. The number of rotatable bonds is 2. The summed E-state index contributed by atoms with van der Waals surface area (Å²) in [5, 5.41) is 9.24. The van der Waals surface area contributed by atoms with Gasteiger partial charge in [0, 0.05) is 38.4 Å². The Hall–Kier alpha value is -2.02. The molecule has 4 heteroatoms. The van der Waals surface area contributed by atoms with Crippen molar-refractivity contribution in [3.05, 3.63) is 29.8 Å². The third-order valence-corrected chi connectivity index (χ3v) is 3.86. The maximum atomic E-state index is 12.6. The highest BCUT2D eigenvalue weighted by molar-refractivity contribution is 5.95. The van der Waals surface area contributed by atoms with Gasteiger partial charge in [0.15, 0.2) is 0 Å². The van der Waals surface area contributed by atoms with Crippen LogP contribution in [0, 0.1) is 16.7 Å². The molecule has 1 aromatic rings. The Bertz CT molecular complexity index is 547. The Morgan fingerprint density at radius 2 is 2.20 bits per heavy atom. The number of benzene rings is 1. The van der Waals surface area contributed by atoms with E-state index in [1.807, 2.05) is 55.1 Å². The molecule has 2 rings (SSSR count). The molecule has 4 nitrogen and oxygen atoms in total. The monoisotopic (exact) mass is 271 g/mol. The highest BCUT2D eigenvalue weighted by Crippen LogP contribution is 2.29. The standard InChI is InChI=1S/C16H21N3O/c1-16(11-17)8-5-9-19(12-16)15(20)13-6-4-7-14(10-13)18(2)3/h4,6-7,10H,5,8-9,12H2,1-3H3. The summed E-state index contributed by atoms with van der Waals surface area (Å²) in [5.74, 6) is 0.0230. The molecule has 106 valence electrons. The Balaban J connectivity index is 2.19. The summed E-state index contributed by atoms with van der Waals surface area (Å²) in [6.07, 6.45) is 1.76. The maximum absolute atomic E-state index is 12.6. The van der Waals surface area contributed by atoms with Gasteiger partial charge in [-0.1, -0.05) is 6.07 Å². The zero-order chi connectivity index (χ0) is 14.8. The topological polar surface area (TPSA) is 47.3 Å². The number of nitriles is 1. The van der Waals surface area contributed by atoms with Crippen molar-refractivity contribution < 1.29 is 4.79 Å². The molecule has 1 saturated heterocycles. The van der Waals surface area contributed by atoms with Crippen LogP contribution >= 0.6 is 0 Å². The first kappa shape index (κ1) is 14.4. The number of anilines is 1. The lowest BCUT2D eigenvalue weighted by atomic mass is 9.83. The van der Waals surface area contributed by atoms with Gasteiger partial charge < -0.3 is 9.80 Å². The minimum Gasteiger partial charge on any atom is -0.378 e. The molecule has 0 bridgehead atoms. The molecule has 1 atom stereocenters. The van der Waals surface area contributed by atoms with E-state index in [4.69, 9.17) is 0 Å². The maximum Gasteiger partial charge on any atom is 0.253 e. The van der Waals surface area contributed by atoms with Crippen LogP contribution in [0.15, 0.2) is 24.3 Å². The fourth-order valence-electron chi connectivity index (χ4n) is 2.60. The van der Waals surface area contributed by atoms with Gasteiger partial charge in [0.25, 0.3) is 5.91 Å². The zero-order valence-corrected chi connectivity index (χ0v) is 12.4. The molecular formula is C16H21N3O. The highest BCUT2D eigenvalue weighted by atomic mass is 16.2. The molecule has 20 heavy (non-hydrogen) atoms. The minimum absolute atomic E-state index is 0.0230. The normalized spacial score (nSPS) is 22.2. The molecule has 1 aromatic carbocycles. The van der Waals surface area contributed by atoms with E-state index in [2.05, 4.69) is 6.07 Å². The van der Waals surface area contributed by atoms with E-state index in [-0.39, 0.29) is 5.91 Å². The van der Waals surface area contributed by atoms with Crippen molar-refractivity contribution in [2.45, 2.75) is 19.8 Å². The lowest BCUT2D eigenvalue weighted by Crippen LogP contribution is -2.44. The second-order valence-electron chi connectivity index (χ2n) is 5.95. The first-order valence-electron chi connectivity index (χ1n) is 6.93. The fraction of sp³-hybridized carbons (Fsp3) is 0.500. The molecule has 0 aromatic heterocycles. The zero-order valence-electron chi connectivity index (χ0n) is 12.4. The van der Waals surface area contributed by atoms with Gasteiger partial charge in [-0.3, -0.25) is 4.79 Å². The van der Waals surface area contributed by atoms with E-state index in [0.29, 0.717) is 12.1 Å². The third kappa shape index (κ3) is 2.93. The van der Waals surface area contributed by atoms with Crippen LogP contribution in [-0.2, 0) is 0 Å². The van der Waals surface area contributed by atoms with Crippen molar-refractivity contribution in [3.8, 4) is 6.07 Å². The third-order valence-electron chi connectivity index (χ3n) is 3.86. The summed E-state index contributed by atoms with van der Waals surface area (Å²) < 4.78 is 0. The molecule has 1 heterocycles. The number of nitrogens with zero attached hydrogens (tertiary/aromatic N) is 3. The smallest absolute Gasteiger partial charge is 0.253 e. The van der Waals surface area contributed by atoms with Crippen molar-refractivity contribution in [1.82, 2.24) is 4.90 Å². The molecular weight excluding hydrogens is 250 g/mol. The fourth-order valence-corrected chi connectivity index (χ4v) is 2.60. The molecule has 1 amide bonds. The Morgan fingerprint density at radius 1 is 1.45 bits per heavy atom. The summed E-state index contributed by atoms with van der Waals surface area (Å²) in [4.78, 5) is 16.4. The van der Waals surface area contributed by atoms with Gasteiger partial charge in [-0.05, 0) is 38.0 Å². The van der Waals surface area contributed by atoms with Crippen molar-refractivity contribution in [2.24, 2.45) is 5.41 Å². The van der Waals surface area contributed by atoms with Crippen molar-refractivity contribution in [2.75, 3.05) is 32.1 Å². The molecule has 0 saturated carbocycles. The second-order valence-corrected chi connectivity index (χ2v) is 5.95. The van der Waals surface area contributed by atoms with Gasteiger partial charge in [0.1, 0.15) is 0 Å². The van der Waals surface area contributed by atoms with Crippen molar-refractivity contribution in [3.63, 3.8) is 0 Å². The first-order valence-corrected chi connectivity index (χ1v) is 6.93. The molecule has 0 radical (unpaired) electrons. The Kier molecular flexibility index (Phi) is 3.99. The van der Waals surface area contributed by atoms with Gasteiger partial charge in [0.2, 0.25) is 0 Å². The number of hydrogen-bond acceptors (Lipinski definition) is 3. The van der Waals surface area contributed by atoms with Crippen LogP contribution < -0.4 is 4.90 Å². The van der Waals surface area contributed by atoms with E-state index in [1.165, 1.54) is 0 Å². The molecule has 1 fully saturated rings. The SMILES string of the molecule is CN(C)c1cccc(C(=O)N2CCCC(C)(C#N)C2)c1. The summed E-state index contributed by atoms with van der Waals surface area (Å²) in [7, 11) is 3.91. The molecule has 1 unspecified atom stereocenters. The quantitative estimate of drug-likeness (QED) is 0.830. The van der Waals surface area contributed by atoms with Crippen LogP contribution in [0.5, 0.6) is 0 Å². The van der Waals surface area contributed by atoms with Crippen LogP contribution in [-0.4, -0.2) is 38.0 Å². The summed E-state index contributed by atoms with van der Waals surface area (Å²) >= 11 is 0. The van der Waals surface area contributed by atoms with Crippen LogP contribution in [0.4, 0.5) is 5.69 Å². The van der Waals surface area contributed by atoms with Crippen LogP contribution in [0.3, 0.4) is 0 Å².